The number of H-pyrrole nitrogens is 1. The van der Waals surface area contributed by atoms with Gasteiger partial charge in [0.25, 0.3) is 5.91 Å². The minimum Gasteiger partial charge on any atom is -0.379 e. The van der Waals surface area contributed by atoms with Crippen LogP contribution in [0.25, 0.3) is 10.9 Å². The van der Waals surface area contributed by atoms with Crippen molar-refractivity contribution >= 4 is 16.8 Å². The van der Waals surface area contributed by atoms with Crippen molar-refractivity contribution in [3.63, 3.8) is 0 Å². The molecule has 0 aliphatic carbocycles. The van der Waals surface area contributed by atoms with E-state index in [1.54, 1.807) is 6.20 Å². The quantitative estimate of drug-likeness (QED) is 0.688. The van der Waals surface area contributed by atoms with Crippen molar-refractivity contribution in [3.8, 4) is 0 Å². The number of hydrogen-bond acceptors (Lipinski definition) is 5. The molecule has 1 aliphatic heterocycles. The van der Waals surface area contributed by atoms with E-state index in [-0.39, 0.29) is 22.6 Å². The van der Waals surface area contributed by atoms with Crippen LogP contribution >= 0.6 is 0 Å². The summed E-state index contributed by atoms with van der Waals surface area (Å²) in [5.41, 5.74) is 0.486. The maximum atomic E-state index is 14.1. The second-order valence-corrected chi connectivity index (χ2v) is 6.84. The number of amides is 1. The van der Waals surface area contributed by atoms with Crippen LogP contribution in [0.5, 0.6) is 0 Å². The molecule has 0 bridgehead atoms. The van der Waals surface area contributed by atoms with Crippen molar-refractivity contribution in [3.05, 3.63) is 76.1 Å². The van der Waals surface area contributed by atoms with E-state index < -0.39 is 17.2 Å². The van der Waals surface area contributed by atoms with Crippen molar-refractivity contribution in [1.82, 2.24) is 20.2 Å². The van der Waals surface area contributed by atoms with Gasteiger partial charge in [-0.1, -0.05) is 12.1 Å². The van der Waals surface area contributed by atoms with Crippen LogP contribution in [0.4, 0.5) is 4.39 Å². The van der Waals surface area contributed by atoms with Gasteiger partial charge in [-0.15, -0.1) is 0 Å². The average molecular weight is 396 g/mol. The van der Waals surface area contributed by atoms with E-state index in [4.69, 9.17) is 4.74 Å². The van der Waals surface area contributed by atoms with Gasteiger partial charge in [-0.25, -0.2) is 4.39 Å². The Bertz CT molecular complexity index is 1060. The first-order valence-electron chi connectivity index (χ1n) is 9.46. The number of ether oxygens (including phenoxy) is 1. The van der Waals surface area contributed by atoms with Crippen LogP contribution in [0.3, 0.4) is 0 Å². The summed E-state index contributed by atoms with van der Waals surface area (Å²) in [4.78, 5) is 34.3. The number of nitrogens with zero attached hydrogens (tertiary/aromatic N) is 2. The second kappa shape index (κ2) is 8.50. The number of para-hydroxylation sites is 1. The molecule has 0 spiro atoms. The SMILES string of the molecule is O=C(NCC(c1ccccn1)N1CCOCC1)c1cc(=O)c2cccc(F)c2[nH]1. The molecule has 7 nitrogen and oxygen atoms in total. The molecule has 3 aromatic rings. The number of carbonyl (C=O) groups excluding carboxylic acids is 1. The summed E-state index contributed by atoms with van der Waals surface area (Å²) >= 11 is 0. The van der Waals surface area contributed by atoms with Crippen LogP contribution in [0.1, 0.15) is 22.2 Å². The van der Waals surface area contributed by atoms with Crippen LogP contribution in [-0.2, 0) is 4.74 Å². The zero-order valence-electron chi connectivity index (χ0n) is 15.7. The number of rotatable bonds is 5. The highest BCUT2D eigenvalue weighted by Crippen LogP contribution is 2.19. The molecule has 8 heteroatoms. The number of halogens is 1. The number of pyridine rings is 2. The van der Waals surface area contributed by atoms with E-state index in [9.17, 15) is 14.0 Å². The third-order valence-electron chi connectivity index (χ3n) is 5.03. The van der Waals surface area contributed by atoms with Gasteiger partial charge in [-0.2, -0.15) is 0 Å². The third kappa shape index (κ3) is 4.18. The Morgan fingerprint density at radius 1 is 1.24 bits per heavy atom. The zero-order chi connectivity index (χ0) is 20.2. The fourth-order valence-electron chi connectivity index (χ4n) is 3.53. The number of hydrogen-bond donors (Lipinski definition) is 2. The third-order valence-corrected chi connectivity index (χ3v) is 5.03. The maximum absolute atomic E-state index is 14.1. The predicted octanol–water partition coefficient (Wildman–Crippen LogP) is 1.87. The Labute approximate surface area is 166 Å². The summed E-state index contributed by atoms with van der Waals surface area (Å²) < 4.78 is 19.5. The Hall–Kier alpha value is -3.10. The second-order valence-electron chi connectivity index (χ2n) is 6.84. The van der Waals surface area contributed by atoms with Gasteiger partial charge < -0.3 is 15.0 Å². The molecule has 0 saturated carbocycles. The number of aromatic amines is 1. The lowest BCUT2D eigenvalue weighted by Gasteiger charge is -2.34. The average Bonchev–Trinajstić information content (AvgIpc) is 2.76. The molecule has 1 aromatic carbocycles. The molecule has 0 radical (unpaired) electrons. The van der Waals surface area contributed by atoms with Gasteiger partial charge in [0.05, 0.1) is 30.5 Å². The Morgan fingerprint density at radius 3 is 2.83 bits per heavy atom. The molecule has 2 aromatic heterocycles. The highest BCUT2D eigenvalue weighted by Gasteiger charge is 2.24. The Balaban J connectivity index is 1.56. The van der Waals surface area contributed by atoms with Gasteiger partial charge in [0.1, 0.15) is 11.5 Å². The van der Waals surface area contributed by atoms with Crippen LogP contribution in [0.2, 0.25) is 0 Å². The van der Waals surface area contributed by atoms with Crippen molar-refractivity contribution in [1.29, 1.82) is 0 Å². The molecular formula is C21H21FN4O3. The summed E-state index contributed by atoms with van der Waals surface area (Å²) in [6.45, 7) is 3.00. The summed E-state index contributed by atoms with van der Waals surface area (Å²) in [6, 6.07) is 11.0. The van der Waals surface area contributed by atoms with Crippen molar-refractivity contribution in [2.24, 2.45) is 0 Å². The summed E-state index contributed by atoms with van der Waals surface area (Å²) in [5.74, 6) is -1.05. The predicted molar refractivity (Wildman–Crippen MR) is 106 cm³/mol. The monoisotopic (exact) mass is 396 g/mol. The first-order chi connectivity index (χ1) is 14.1. The molecule has 2 N–H and O–H groups in total. The minimum atomic E-state index is -0.575. The number of carbonyl (C=O) groups is 1. The molecule has 1 fully saturated rings. The van der Waals surface area contributed by atoms with Crippen LogP contribution < -0.4 is 10.7 Å². The van der Waals surface area contributed by atoms with E-state index in [1.807, 2.05) is 18.2 Å². The van der Waals surface area contributed by atoms with Crippen LogP contribution in [0, 0.1) is 5.82 Å². The summed E-state index contributed by atoms with van der Waals surface area (Å²) in [5, 5.41) is 3.06. The van der Waals surface area contributed by atoms with Gasteiger partial charge in [-0.05, 0) is 24.3 Å². The van der Waals surface area contributed by atoms with E-state index in [0.29, 0.717) is 19.8 Å². The van der Waals surface area contributed by atoms with E-state index in [0.717, 1.165) is 18.8 Å². The van der Waals surface area contributed by atoms with Gasteiger partial charge in [0, 0.05) is 37.3 Å². The summed E-state index contributed by atoms with van der Waals surface area (Å²) in [6.07, 6.45) is 1.72. The molecule has 1 saturated heterocycles. The first kappa shape index (κ1) is 19.2. The molecule has 1 atom stereocenters. The fourth-order valence-corrected chi connectivity index (χ4v) is 3.53. The molecule has 29 heavy (non-hydrogen) atoms. The largest absolute Gasteiger partial charge is 0.379 e. The number of nitrogens with one attached hydrogen (secondary N) is 2. The Kier molecular flexibility index (Phi) is 5.64. The number of fused-ring (bicyclic) bond motifs is 1. The van der Waals surface area contributed by atoms with Gasteiger partial charge in [-0.3, -0.25) is 19.5 Å². The minimum absolute atomic E-state index is 0.0225. The normalized spacial score (nSPS) is 15.9. The lowest BCUT2D eigenvalue weighted by Crippen LogP contribution is -2.44. The first-order valence-corrected chi connectivity index (χ1v) is 9.46. The molecule has 3 heterocycles. The van der Waals surface area contributed by atoms with E-state index in [2.05, 4.69) is 20.2 Å². The maximum Gasteiger partial charge on any atom is 0.267 e. The highest BCUT2D eigenvalue weighted by atomic mass is 19.1. The number of aromatic nitrogens is 2. The lowest BCUT2D eigenvalue weighted by molar-refractivity contribution is 0.0153. The fraction of sp³-hybridized carbons (Fsp3) is 0.286. The molecule has 4 rings (SSSR count). The van der Waals surface area contributed by atoms with Gasteiger partial charge >= 0.3 is 0 Å². The van der Waals surface area contributed by atoms with Gasteiger partial charge in [0.2, 0.25) is 0 Å². The molecule has 1 unspecified atom stereocenters. The molecule has 1 amide bonds. The standard InChI is InChI=1S/C21H21FN4O3/c22-15-5-3-4-14-19(27)12-17(25-20(14)15)21(28)24-13-18(16-6-1-2-7-23-16)26-8-10-29-11-9-26/h1-7,12,18H,8-11,13H2,(H,24,28)(H,25,27). The summed E-state index contributed by atoms with van der Waals surface area (Å²) in [7, 11) is 0. The van der Waals surface area contributed by atoms with E-state index in [1.165, 1.54) is 24.3 Å². The lowest BCUT2D eigenvalue weighted by atomic mass is 10.1. The van der Waals surface area contributed by atoms with Crippen molar-refractivity contribution in [2.45, 2.75) is 6.04 Å². The number of morpholine rings is 1. The topological polar surface area (TPSA) is 87.3 Å². The molecule has 150 valence electrons. The van der Waals surface area contributed by atoms with Gasteiger partial charge in [0.15, 0.2) is 5.43 Å². The van der Waals surface area contributed by atoms with Crippen molar-refractivity contribution < 1.29 is 13.9 Å². The smallest absolute Gasteiger partial charge is 0.267 e. The molecular weight excluding hydrogens is 375 g/mol. The molecule has 1 aliphatic rings. The zero-order valence-corrected chi connectivity index (χ0v) is 15.7. The number of benzene rings is 1. The van der Waals surface area contributed by atoms with E-state index >= 15 is 0 Å². The van der Waals surface area contributed by atoms with Crippen LogP contribution in [-0.4, -0.2) is 53.6 Å². The Morgan fingerprint density at radius 2 is 2.07 bits per heavy atom. The van der Waals surface area contributed by atoms with Crippen LogP contribution in [0.15, 0.2) is 53.5 Å². The van der Waals surface area contributed by atoms with Crippen molar-refractivity contribution in [2.75, 3.05) is 32.8 Å². The highest BCUT2D eigenvalue weighted by molar-refractivity contribution is 5.94.